The summed E-state index contributed by atoms with van der Waals surface area (Å²) in [5.74, 6) is 1.51. The minimum Gasteiger partial charge on any atom is -0.462 e. The van der Waals surface area contributed by atoms with Crippen LogP contribution in [0.2, 0.25) is 0 Å². The maximum atomic E-state index is 11.9. The number of nitrogens with zero attached hydrogens (tertiary/aromatic N) is 2. The highest BCUT2D eigenvalue weighted by Gasteiger charge is 2.19. The molecule has 1 aromatic heterocycles. The van der Waals surface area contributed by atoms with E-state index in [1.165, 1.54) is 25.7 Å². The maximum absolute atomic E-state index is 11.9. The van der Waals surface area contributed by atoms with Crippen LogP contribution in [-0.2, 0) is 10.5 Å². The third-order valence-electron chi connectivity index (χ3n) is 3.66. The summed E-state index contributed by atoms with van der Waals surface area (Å²) < 4.78 is 5.08. The Kier molecular flexibility index (Phi) is 6.03. The van der Waals surface area contributed by atoms with Crippen LogP contribution in [0.1, 0.15) is 74.2 Å². The molecule has 0 aliphatic heterocycles. The van der Waals surface area contributed by atoms with Gasteiger partial charge in [-0.25, -0.2) is 14.8 Å². The van der Waals surface area contributed by atoms with Gasteiger partial charge in [-0.05, 0) is 25.7 Å². The molecule has 116 valence electrons. The number of aromatic nitrogens is 2. The van der Waals surface area contributed by atoms with Crippen molar-refractivity contribution in [1.82, 2.24) is 9.97 Å². The molecule has 1 aromatic rings. The van der Waals surface area contributed by atoms with Gasteiger partial charge in [0.25, 0.3) is 0 Å². The van der Waals surface area contributed by atoms with Crippen molar-refractivity contribution in [3.05, 3.63) is 23.3 Å². The molecule has 2 rings (SSSR count). The van der Waals surface area contributed by atoms with Gasteiger partial charge in [-0.1, -0.05) is 26.7 Å². The molecule has 0 bridgehead atoms. The first kappa shape index (κ1) is 16.3. The van der Waals surface area contributed by atoms with E-state index in [1.54, 1.807) is 13.1 Å². The Morgan fingerprint density at radius 3 is 2.76 bits per heavy atom. The number of esters is 1. The number of hydrogen-bond acceptors (Lipinski definition) is 5. The lowest BCUT2D eigenvalue weighted by Crippen LogP contribution is -2.13. The molecule has 21 heavy (non-hydrogen) atoms. The first-order valence-corrected chi connectivity index (χ1v) is 8.81. The molecule has 0 radical (unpaired) electrons. The van der Waals surface area contributed by atoms with Crippen LogP contribution >= 0.6 is 11.8 Å². The van der Waals surface area contributed by atoms with Gasteiger partial charge < -0.3 is 4.74 Å². The summed E-state index contributed by atoms with van der Waals surface area (Å²) in [4.78, 5) is 20.9. The fraction of sp³-hybridized carbons (Fsp3) is 0.688. The summed E-state index contributed by atoms with van der Waals surface area (Å²) in [5, 5.41) is 0.751. The van der Waals surface area contributed by atoms with E-state index >= 15 is 0 Å². The minimum absolute atomic E-state index is 0.183. The highest BCUT2D eigenvalue weighted by molar-refractivity contribution is 7.99. The van der Waals surface area contributed by atoms with Gasteiger partial charge in [-0.15, -0.1) is 0 Å². The molecule has 0 saturated heterocycles. The summed E-state index contributed by atoms with van der Waals surface area (Å²) >= 11 is 1.94. The van der Waals surface area contributed by atoms with Gasteiger partial charge in [0, 0.05) is 11.4 Å². The van der Waals surface area contributed by atoms with Crippen LogP contribution in [-0.4, -0.2) is 27.8 Å². The van der Waals surface area contributed by atoms with E-state index in [0.717, 1.165) is 22.5 Å². The number of thioether (sulfide) groups is 1. The molecule has 4 nitrogen and oxygen atoms in total. The van der Waals surface area contributed by atoms with Crippen molar-refractivity contribution in [3.8, 4) is 0 Å². The normalized spacial score (nSPS) is 15.6. The third kappa shape index (κ3) is 4.43. The zero-order valence-corrected chi connectivity index (χ0v) is 13.9. The Balaban J connectivity index is 2.09. The Bertz CT molecular complexity index is 485. The summed E-state index contributed by atoms with van der Waals surface area (Å²) in [6.07, 6.45) is 6.94. The van der Waals surface area contributed by atoms with E-state index in [-0.39, 0.29) is 11.9 Å². The third-order valence-corrected chi connectivity index (χ3v) is 5.03. The number of carbonyl (C=O) groups excluding carboxylic acids is 1. The highest BCUT2D eigenvalue weighted by atomic mass is 32.2. The minimum atomic E-state index is -0.323. The molecular weight excluding hydrogens is 284 g/mol. The number of carbonyl (C=O) groups is 1. The molecular formula is C16H24N2O2S. The van der Waals surface area contributed by atoms with Crippen molar-refractivity contribution in [2.24, 2.45) is 0 Å². The van der Waals surface area contributed by atoms with Gasteiger partial charge in [-0.3, -0.25) is 0 Å². The van der Waals surface area contributed by atoms with Crippen molar-refractivity contribution >= 4 is 17.7 Å². The lowest BCUT2D eigenvalue weighted by molar-refractivity contribution is 0.0523. The zero-order chi connectivity index (χ0) is 15.2. The predicted molar refractivity (Wildman–Crippen MR) is 85.6 cm³/mol. The summed E-state index contributed by atoms with van der Waals surface area (Å²) in [6.45, 7) is 6.26. The monoisotopic (exact) mass is 308 g/mol. The molecule has 1 saturated carbocycles. The molecule has 1 aliphatic rings. The van der Waals surface area contributed by atoms with Gasteiger partial charge in [-0.2, -0.15) is 11.8 Å². The molecule has 1 aliphatic carbocycles. The van der Waals surface area contributed by atoms with Crippen LogP contribution in [0.3, 0.4) is 0 Å². The lowest BCUT2D eigenvalue weighted by atomic mass is 10.1. The van der Waals surface area contributed by atoms with E-state index < -0.39 is 0 Å². The first-order valence-electron chi connectivity index (χ1n) is 7.76. The number of rotatable bonds is 6. The largest absolute Gasteiger partial charge is 0.462 e. The van der Waals surface area contributed by atoms with E-state index in [9.17, 15) is 4.79 Å². The van der Waals surface area contributed by atoms with E-state index in [2.05, 4.69) is 9.97 Å². The van der Waals surface area contributed by atoms with E-state index in [1.807, 2.05) is 25.6 Å². The number of hydrogen-bond donors (Lipinski definition) is 0. The second kappa shape index (κ2) is 7.78. The Hall–Kier alpha value is -1.10. The van der Waals surface area contributed by atoms with Crippen LogP contribution in [0.4, 0.5) is 0 Å². The molecule has 1 heterocycles. The van der Waals surface area contributed by atoms with Gasteiger partial charge in [0.15, 0.2) is 0 Å². The van der Waals surface area contributed by atoms with Crippen LogP contribution in [0.25, 0.3) is 0 Å². The summed E-state index contributed by atoms with van der Waals surface area (Å²) in [7, 11) is 0. The van der Waals surface area contributed by atoms with Crippen LogP contribution in [0, 0.1) is 0 Å². The second-order valence-corrected chi connectivity index (χ2v) is 6.97. The van der Waals surface area contributed by atoms with E-state index in [4.69, 9.17) is 4.74 Å². The summed E-state index contributed by atoms with van der Waals surface area (Å²) in [5.41, 5.74) is 1.30. The zero-order valence-electron chi connectivity index (χ0n) is 13.1. The Labute approximate surface area is 131 Å². The van der Waals surface area contributed by atoms with E-state index in [0.29, 0.717) is 12.2 Å². The van der Waals surface area contributed by atoms with Crippen molar-refractivity contribution in [2.75, 3.05) is 6.61 Å². The van der Waals surface area contributed by atoms with Crippen molar-refractivity contribution in [1.29, 1.82) is 0 Å². The standard InChI is InChI=1S/C16H24N2O2S/c1-4-20-16(19)13-9-17-14(18-15(13)11(2)3)10-21-12-7-5-6-8-12/h9,11-12H,4-8,10H2,1-3H3. The molecule has 0 aromatic carbocycles. The molecule has 0 spiro atoms. The maximum Gasteiger partial charge on any atom is 0.341 e. The van der Waals surface area contributed by atoms with Crippen molar-refractivity contribution in [2.45, 2.75) is 63.4 Å². The van der Waals surface area contributed by atoms with Crippen LogP contribution in [0.15, 0.2) is 6.20 Å². The van der Waals surface area contributed by atoms with Crippen molar-refractivity contribution in [3.63, 3.8) is 0 Å². The topological polar surface area (TPSA) is 52.1 Å². The van der Waals surface area contributed by atoms with Crippen molar-refractivity contribution < 1.29 is 9.53 Å². The highest BCUT2D eigenvalue weighted by Crippen LogP contribution is 2.31. The average molecular weight is 308 g/mol. The molecule has 5 heteroatoms. The first-order chi connectivity index (χ1) is 10.1. The SMILES string of the molecule is CCOC(=O)c1cnc(CSC2CCCC2)nc1C(C)C. The summed E-state index contributed by atoms with van der Waals surface area (Å²) in [6, 6.07) is 0. The van der Waals surface area contributed by atoms with Gasteiger partial charge in [0.05, 0.1) is 23.6 Å². The van der Waals surface area contributed by atoms with Gasteiger partial charge in [0.1, 0.15) is 5.82 Å². The van der Waals surface area contributed by atoms with Crippen LogP contribution in [0.5, 0.6) is 0 Å². The molecule has 1 fully saturated rings. The quantitative estimate of drug-likeness (QED) is 0.745. The second-order valence-electron chi connectivity index (χ2n) is 5.68. The average Bonchev–Trinajstić information content (AvgIpc) is 2.98. The van der Waals surface area contributed by atoms with Gasteiger partial charge >= 0.3 is 5.97 Å². The van der Waals surface area contributed by atoms with Gasteiger partial charge in [0.2, 0.25) is 0 Å². The molecule has 0 unspecified atom stereocenters. The Morgan fingerprint density at radius 1 is 1.43 bits per heavy atom. The smallest absolute Gasteiger partial charge is 0.341 e. The number of ether oxygens (including phenoxy) is 1. The Morgan fingerprint density at radius 2 is 2.14 bits per heavy atom. The fourth-order valence-corrected chi connectivity index (χ4v) is 3.75. The molecule has 0 amide bonds. The molecule has 0 N–H and O–H groups in total. The fourth-order valence-electron chi connectivity index (χ4n) is 2.56. The van der Waals surface area contributed by atoms with Crippen LogP contribution < -0.4 is 0 Å². The molecule has 0 atom stereocenters. The lowest BCUT2D eigenvalue weighted by Gasteiger charge is -2.13. The predicted octanol–water partition coefficient (Wildman–Crippen LogP) is 3.95.